The Hall–Kier alpha value is -3.81. The Labute approximate surface area is 163 Å². The van der Waals surface area contributed by atoms with Crippen LogP contribution in [0.1, 0.15) is 5.56 Å². The summed E-state index contributed by atoms with van der Waals surface area (Å²) in [6.45, 7) is 0. The SMILES string of the molecule is O=C(Nc1ccc(-c2cn3ccccc3n2)cc1)Nc1cccc(C(F)(F)F)c1. The zero-order valence-electron chi connectivity index (χ0n) is 14.9. The number of benzene rings is 2. The lowest BCUT2D eigenvalue weighted by Crippen LogP contribution is -2.19. The van der Waals surface area contributed by atoms with Gasteiger partial charge in [0, 0.05) is 29.3 Å². The average molecular weight is 396 g/mol. The number of rotatable bonds is 3. The number of alkyl halides is 3. The molecule has 4 aromatic rings. The van der Waals surface area contributed by atoms with Crippen molar-refractivity contribution in [2.24, 2.45) is 0 Å². The second kappa shape index (κ2) is 7.31. The summed E-state index contributed by atoms with van der Waals surface area (Å²) < 4.78 is 40.2. The second-order valence-corrected chi connectivity index (χ2v) is 6.33. The van der Waals surface area contributed by atoms with Crippen molar-refractivity contribution in [2.75, 3.05) is 10.6 Å². The highest BCUT2D eigenvalue weighted by molar-refractivity contribution is 5.99. The van der Waals surface area contributed by atoms with Crippen LogP contribution < -0.4 is 10.6 Å². The fraction of sp³-hybridized carbons (Fsp3) is 0.0476. The van der Waals surface area contributed by atoms with E-state index in [1.807, 2.05) is 47.1 Å². The number of amides is 2. The first kappa shape index (κ1) is 18.5. The maximum absolute atomic E-state index is 12.8. The first-order valence-corrected chi connectivity index (χ1v) is 8.68. The van der Waals surface area contributed by atoms with Crippen molar-refractivity contribution in [1.29, 1.82) is 0 Å². The fourth-order valence-corrected chi connectivity index (χ4v) is 2.86. The number of urea groups is 1. The first-order chi connectivity index (χ1) is 13.9. The van der Waals surface area contributed by atoms with Gasteiger partial charge in [-0.25, -0.2) is 9.78 Å². The highest BCUT2D eigenvalue weighted by Gasteiger charge is 2.30. The third-order valence-corrected chi connectivity index (χ3v) is 4.25. The lowest BCUT2D eigenvalue weighted by Gasteiger charge is -2.11. The van der Waals surface area contributed by atoms with Gasteiger partial charge in [-0.1, -0.05) is 24.3 Å². The van der Waals surface area contributed by atoms with Crippen molar-refractivity contribution in [3.05, 3.63) is 84.7 Å². The molecule has 146 valence electrons. The molecule has 4 rings (SSSR count). The van der Waals surface area contributed by atoms with E-state index >= 15 is 0 Å². The molecule has 0 saturated carbocycles. The van der Waals surface area contributed by atoms with E-state index in [-0.39, 0.29) is 5.69 Å². The van der Waals surface area contributed by atoms with Crippen LogP contribution in [0.3, 0.4) is 0 Å². The van der Waals surface area contributed by atoms with E-state index in [0.717, 1.165) is 29.0 Å². The van der Waals surface area contributed by atoms with Gasteiger partial charge in [0.2, 0.25) is 0 Å². The highest BCUT2D eigenvalue weighted by Crippen LogP contribution is 2.30. The molecule has 0 aliphatic carbocycles. The monoisotopic (exact) mass is 396 g/mol. The summed E-state index contributed by atoms with van der Waals surface area (Å²) in [5, 5.41) is 5.00. The van der Waals surface area contributed by atoms with Crippen molar-refractivity contribution in [1.82, 2.24) is 9.38 Å². The van der Waals surface area contributed by atoms with Crippen molar-refractivity contribution in [3.8, 4) is 11.3 Å². The van der Waals surface area contributed by atoms with Crippen molar-refractivity contribution >= 4 is 23.1 Å². The summed E-state index contributed by atoms with van der Waals surface area (Å²) in [4.78, 5) is 16.6. The molecule has 2 amide bonds. The Balaban J connectivity index is 1.44. The number of halogens is 3. The van der Waals surface area contributed by atoms with E-state index in [4.69, 9.17) is 0 Å². The summed E-state index contributed by atoms with van der Waals surface area (Å²) in [6.07, 6.45) is -0.667. The number of fused-ring (bicyclic) bond motifs is 1. The smallest absolute Gasteiger partial charge is 0.308 e. The maximum atomic E-state index is 12.8. The number of hydrogen-bond donors (Lipinski definition) is 2. The molecule has 0 radical (unpaired) electrons. The number of nitrogens with one attached hydrogen (secondary N) is 2. The minimum atomic E-state index is -4.47. The largest absolute Gasteiger partial charge is 0.416 e. The quantitative estimate of drug-likeness (QED) is 0.469. The van der Waals surface area contributed by atoms with Crippen LogP contribution in [-0.4, -0.2) is 15.4 Å². The molecule has 29 heavy (non-hydrogen) atoms. The summed E-state index contributed by atoms with van der Waals surface area (Å²) in [5.74, 6) is 0. The van der Waals surface area contributed by atoms with Crippen LogP contribution in [0.2, 0.25) is 0 Å². The van der Waals surface area contributed by atoms with E-state index in [2.05, 4.69) is 15.6 Å². The summed E-state index contributed by atoms with van der Waals surface area (Å²) in [6, 6.07) is 16.6. The number of carbonyl (C=O) groups excluding carboxylic acids is 1. The molecule has 0 saturated heterocycles. The van der Waals surface area contributed by atoms with Gasteiger partial charge >= 0.3 is 12.2 Å². The molecule has 2 aromatic heterocycles. The van der Waals surface area contributed by atoms with Gasteiger partial charge in [0.05, 0.1) is 11.3 Å². The Morgan fingerprint density at radius 2 is 1.66 bits per heavy atom. The average Bonchev–Trinajstić information content (AvgIpc) is 3.12. The van der Waals surface area contributed by atoms with Crippen molar-refractivity contribution in [3.63, 3.8) is 0 Å². The fourth-order valence-electron chi connectivity index (χ4n) is 2.86. The summed E-state index contributed by atoms with van der Waals surface area (Å²) in [7, 11) is 0. The van der Waals surface area contributed by atoms with Crippen molar-refractivity contribution in [2.45, 2.75) is 6.18 Å². The van der Waals surface area contributed by atoms with Crippen LogP contribution in [-0.2, 0) is 6.18 Å². The highest BCUT2D eigenvalue weighted by atomic mass is 19.4. The number of carbonyl (C=O) groups is 1. The molecule has 2 N–H and O–H groups in total. The minimum absolute atomic E-state index is 0.0543. The molecule has 8 heteroatoms. The zero-order chi connectivity index (χ0) is 20.4. The second-order valence-electron chi connectivity index (χ2n) is 6.33. The summed E-state index contributed by atoms with van der Waals surface area (Å²) >= 11 is 0. The van der Waals surface area contributed by atoms with Crippen molar-refractivity contribution < 1.29 is 18.0 Å². The number of hydrogen-bond acceptors (Lipinski definition) is 2. The predicted octanol–water partition coefficient (Wildman–Crippen LogP) is 5.66. The lowest BCUT2D eigenvalue weighted by molar-refractivity contribution is -0.137. The van der Waals surface area contributed by atoms with Crippen LogP contribution in [0.15, 0.2) is 79.1 Å². The third kappa shape index (κ3) is 4.21. The number of anilines is 2. The van der Waals surface area contributed by atoms with E-state index in [1.165, 1.54) is 12.1 Å². The van der Waals surface area contributed by atoms with Gasteiger partial charge in [-0.3, -0.25) is 0 Å². The normalized spacial score (nSPS) is 11.4. The van der Waals surface area contributed by atoms with Gasteiger partial charge in [-0.15, -0.1) is 0 Å². The van der Waals surface area contributed by atoms with Crippen LogP contribution in [0, 0.1) is 0 Å². The number of nitrogens with zero attached hydrogens (tertiary/aromatic N) is 2. The molecule has 5 nitrogen and oxygen atoms in total. The van der Waals surface area contributed by atoms with Gasteiger partial charge < -0.3 is 15.0 Å². The Morgan fingerprint density at radius 1 is 0.897 bits per heavy atom. The summed E-state index contributed by atoms with van der Waals surface area (Å²) in [5.41, 5.74) is 2.21. The van der Waals surface area contributed by atoms with Gasteiger partial charge in [0.1, 0.15) is 5.65 Å². The molecule has 0 bridgehead atoms. The number of imidazole rings is 1. The maximum Gasteiger partial charge on any atom is 0.416 e. The number of aromatic nitrogens is 2. The Morgan fingerprint density at radius 3 is 2.38 bits per heavy atom. The third-order valence-electron chi connectivity index (χ3n) is 4.25. The number of pyridine rings is 1. The van der Waals surface area contributed by atoms with Crippen LogP contribution in [0.4, 0.5) is 29.3 Å². The molecule has 2 heterocycles. The molecule has 2 aromatic carbocycles. The lowest BCUT2D eigenvalue weighted by atomic mass is 10.1. The topological polar surface area (TPSA) is 58.4 Å². The molecule has 0 aliphatic heterocycles. The van der Waals surface area contributed by atoms with E-state index in [9.17, 15) is 18.0 Å². The molecule has 0 atom stereocenters. The van der Waals surface area contributed by atoms with Gasteiger partial charge in [0.25, 0.3) is 0 Å². The molecule has 0 aliphatic rings. The molecular formula is C21H15F3N4O. The molecule has 0 fully saturated rings. The van der Waals surface area contributed by atoms with Gasteiger partial charge in [-0.2, -0.15) is 13.2 Å². The van der Waals surface area contributed by atoms with E-state index < -0.39 is 17.8 Å². The van der Waals surface area contributed by atoms with Crippen LogP contribution in [0.25, 0.3) is 16.9 Å². The Kier molecular flexibility index (Phi) is 4.67. The Bertz CT molecular complexity index is 1130. The van der Waals surface area contributed by atoms with Gasteiger partial charge in [-0.05, 0) is 42.5 Å². The van der Waals surface area contributed by atoms with E-state index in [0.29, 0.717) is 5.69 Å². The first-order valence-electron chi connectivity index (χ1n) is 8.68. The molecule has 0 spiro atoms. The van der Waals surface area contributed by atoms with Crippen LogP contribution in [0.5, 0.6) is 0 Å². The zero-order valence-corrected chi connectivity index (χ0v) is 14.9. The molecular weight excluding hydrogens is 381 g/mol. The van der Waals surface area contributed by atoms with Gasteiger partial charge in [0.15, 0.2) is 0 Å². The van der Waals surface area contributed by atoms with E-state index in [1.54, 1.807) is 12.1 Å². The standard InChI is InChI=1S/C21H15F3N4O/c22-21(23,24)15-4-3-5-17(12-15)26-20(29)25-16-9-7-14(8-10-16)18-13-28-11-2-1-6-19(28)27-18/h1-13H,(H2,25,26,29). The van der Waals surface area contributed by atoms with Crippen LogP contribution >= 0.6 is 0 Å². The minimum Gasteiger partial charge on any atom is -0.308 e. The predicted molar refractivity (Wildman–Crippen MR) is 105 cm³/mol. The molecule has 0 unspecified atom stereocenters.